The fourth-order valence-corrected chi connectivity index (χ4v) is 3.15. The number of hydrazone groups is 1. The zero-order chi connectivity index (χ0) is 18.2. The summed E-state index contributed by atoms with van der Waals surface area (Å²) in [6.45, 7) is 0.101. The smallest absolute Gasteiger partial charge is 0.259 e. The van der Waals surface area contributed by atoms with Crippen molar-refractivity contribution in [3.8, 4) is 11.5 Å². The van der Waals surface area contributed by atoms with Crippen molar-refractivity contribution >= 4 is 49.7 Å². The van der Waals surface area contributed by atoms with Crippen LogP contribution in [0.3, 0.4) is 0 Å². The van der Waals surface area contributed by atoms with E-state index >= 15 is 0 Å². The third kappa shape index (κ3) is 5.75. The molecule has 0 unspecified atom stereocenters. The van der Waals surface area contributed by atoms with E-state index in [9.17, 15) is 4.79 Å². The highest BCUT2D eigenvalue weighted by molar-refractivity contribution is 9.11. The summed E-state index contributed by atoms with van der Waals surface area (Å²) in [6, 6.07) is 11.0. The minimum atomic E-state index is -0.258. The second-order valence-corrected chi connectivity index (χ2v) is 6.66. The van der Waals surface area contributed by atoms with Gasteiger partial charge in [-0.15, -0.1) is 0 Å². The molecule has 0 saturated heterocycles. The molecule has 0 saturated carbocycles. The molecule has 8 heteroatoms. The molecular formula is C17H17Br2N3O3. The standard InChI is InChI=1S/C17H17Br2N3O3/c1-24-15-6-3-11(7-16(15)25-2)9-21-22-17(23)10-20-14-5-4-12(18)8-13(14)19/h3-9,20H,10H2,1-2H3,(H,22,23)/b21-9+. The Balaban J connectivity index is 1.88. The Kier molecular flexibility index (Phi) is 7.27. The summed E-state index contributed by atoms with van der Waals surface area (Å²) < 4.78 is 12.2. The number of rotatable bonds is 7. The summed E-state index contributed by atoms with van der Waals surface area (Å²) in [4.78, 5) is 11.9. The molecule has 0 bridgehead atoms. The van der Waals surface area contributed by atoms with Crippen LogP contribution in [0.25, 0.3) is 0 Å². The van der Waals surface area contributed by atoms with Gasteiger partial charge in [-0.05, 0) is 57.9 Å². The number of carbonyl (C=O) groups is 1. The molecular weight excluding hydrogens is 454 g/mol. The van der Waals surface area contributed by atoms with Crippen molar-refractivity contribution in [3.63, 3.8) is 0 Å². The molecule has 25 heavy (non-hydrogen) atoms. The number of halogens is 2. The second-order valence-electron chi connectivity index (χ2n) is 4.89. The van der Waals surface area contributed by atoms with Gasteiger partial charge in [-0.3, -0.25) is 4.79 Å². The average Bonchev–Trinajstić information content (AvgIpc) is 2.60. The van der Waals surface area contributed by atoms with Gasteiger partial charge in [-0.25, -0.2) is 5.43 Å². The first-order valence-corrected chi connectivity index (χ1v) is 8.85. The lowest BCUT2D eigenvalue weighted by atomic mass is 10.2. The van der Waals surface area contributed by atoms with Crippen molar-refractivity contribution in [3.05, 3.63) is 50.9 Å². The summed E-state index contributed by atoms with van der Waals surface area (Å²) in [5.74, 6) is 0.971. The first kappa shape index (κ1) is 19.3. The highest BCUT2D eigenvalue weighted by atomic mass is 79.9. The van der Waals surface area contributed by atoms with Crippen LogP contribution in [-0.2, 0) is 4.79 Å². The van der Waals surface area contributed by atoms with Crippen LogP contribution in [0.2, 0.25) is 0 Å². The van der Waals surface area contributed by atoms with Gasteiger partial charge in [0.15, 0.2) is 11.5 Å². The van der Waals surface area contributed by atoms with Gasteiger partial charge >= 0.3 is 0 Å². The molecule has 0 atom stereocenters. The van der Waals surface area contributed by atoms with E-state index in [2.05, 4.69) is 47.7 Å². The van der Waals surface area contributed by atoms with Gasteiger partial charge in [0.05, 0.1) is 27.0 Å². The zero-order valence-electron chi connectivity index (χ0n) is 13.7. The first-order chi connectivity index (χ1) is 12.0. The topological polar surface area (TPSA) is 72.0 Å². The van der Waals surface area contributed by atoms with Gasteiger partial charge in [0.2, 0.25) is 0 Å². The molecule has 0 aromatic heterocycles. The molecule has 0 aliphatic carbocycles. The predicted molar refractivity (Wildman–Crippen MR) is 106 cm³/mol. The van der Waals surface area contributed by atoms with Crippen molar-refractivity contribution in [1.82, 2.24) is 5.43 Å². The van der Waals surface area contributed by atoms with E-state index in [1.54, 1.807) is 26.4 Å². The lowest BCUT2D eigenvalue weighted by Crippen LogP contribution is -2.26. The molecule has 132 valence electrons. The van der Waals surface area contributed by atoms with Crippen LogP contribution in [-0.4, -0.2) is 32.9 Å². The maximum atomic E-state index is 11.9. The monoisotopic (exact) mass is 469 g/mol. The molecule has 0 radical (unpaired) electrons. The number of nitrogens with zero attached hydrogens (tertiary/aromatic N) is 1. The molecule has 2 rings (SSSR count). The number of benzene rings is 2. The van der Waals surface area contributed by atoms with Crippen LogP contribution in [0.4, 0.5) is 5.69 Å². The van der Waals surface area contributed by atoms with Crippen LogP contribution >= 0.6 is 31.9 Å². The normalized spacial score (nSPS) is 10.6. The number of methoxy groups -OCH3 is 2. The van der Waals surface area contributed by atoms with Gasteiger partial charge in [-0.2, -0.15) is 5.10 Å². The molecule has 0 heterocycles. The Labute approximate surface area is 162 Å². The van der Waals surface area contributed by atoms with Crippen LogP contribution < -0.4 is 20.2 Å². The fraction of sp³-hybridized carbons (Fsp3) is 0.176. The average molecular weight is 471 g/mol. The molecule has 2 aromatic carbocycles. The summed E-state index contributed by atoms with van der Waals surface area (Å²) in [5, 5.41) is 6.97. The molecule has 0 aliphatic rings. The molecule has 0 aliphatic heterocycles. The maximum Gasteiger partial charge on any atom is 0.259 e. The van der Waals surface area contributed by atoms with Crippen molar-refractivity contribution in [1.29, 1.82) is 0 Å². The third-order valence-corrected chi connectivity index (χ3v) is 4.33. The fourth-order valence-electron chi connectivity index (χ4n) is 1.96. The lowest BCUT2D eigenvalue weighted by molar-refractivity contribution is -0.119. The Bertz CT molecular complexity index is 782. The van der Waals surface area contributed by atoms with Crippen molar-refractivity contribution < 1.29 is 14.3 Å². The number of ether oxygens (including phenoxy) is 2. The van der Waals surface area contributed by atoms with Crippen LogP contribution in [0, 0.1) is 0 Å². The Morgan fingerprint density at radius 2 is 1.88 bits per heavy atom. The molecule has 1 amide bonds. The SMILES string of the molecule is COc1ccc(/C=N/NC(=O)CNc2ccc(Br)cc2Br)cc1OC. The number of nitrogens with one attached hydrogen (secondary N) is 2. The minimum Gasteiger partial charge on any atom is -0.493 e. The van der Waals surface area contributed by atoms with Crippen molar-refractivity contribution in [2.24, 2.45) is 5.10 Å². The van der Waals surface area contributed by atoms with E-state index in [1.165, 1.54) is 6.21 Å². The molecule has 6 nitrogen and oxygen atoms in total. The number of amides is 1. The Morgan fingerprint density at radius 3 is 2.56 bits per heavy atom. The summed E-state index contributed by atoms with van der Waals surface area (Å²) in [6.07, 6.45) is 1.54. The zero-order valence-corrected chi connectivity index (χ0v) is 16.8. The lowest BCUT2D eigenvalue weighted by Gasteiger charge is -2.08. The number of carbonyl (C=O) groups excluding carboxylic acids is 1. The number of hydrogen-bond donors (Lipinski definition) is 2. The van der Waals surface area contributed by atoms with E-state index in [0.29, 0.717) is 11.5 Å². The maximum absolute atomic E-state index is 11.9. The van der Waals surface area contributed by atoms with Crippen LogP contribution in [0.1, 0.15) is 5.56 Å². The van der Waals surface area contributed by atoms with E-state index < -0.39 is 0 Å². The predicted octanol–water partition coefficient (Wildman–Crippen LogP) is 3.79. The van der Waals surface area contributed by atoms with Crippen LogP contribution in [0.5, 0.6) is 11.5 Å². The summed E-state index contributed by atoms with van der Waals surface area (Å²) in [5.41, 5.74) is 4.07. The largest absolute Gasteiger partial charge is 0.493 e. The molecule has 2 N–H and O–H groups in total. The summed E-state index contributed by atoms with van der Waals surface area (Å²) in [7, 11) is 3.13. The van der Waals surface area contributed by atoms with Gasteiger partial charge in [-0.1, -0.05) is 15.9 Å². The third-order valence-electron chi connectivity index (χ3n) is 3.18. The highest BCUT2D eigenvalue weighted by Crippen LogP contribution is 2.27. The summed E-state index contributed by atoms with van der Waals surface area (Å²) >= 11 is 6.81. The molecule has 0 fully saturated rings. The minimum absolute atomic E-state index is 0.101. The van der Waals surface area contributed by atoms with Gasteiger partial charge in [0.1, 0.15) is 0 Å². The first-order valence-electron chi connectivity index (χ1n) is 7.26. The van der Waals surface area contributed by atoms with E-state index in [1.807, 2.05) is 24.3 Å². The van der Waals surface area contributed by atoms with E-state index in [4.69, 9.17) is 9.47 Å². The van der Waals surface area contributed by atoms with Crippen molar-refractivity contribution in [2.45, 2.75) is 0 Å². The van der Waals surface area contributed by atoms with Gasteiger partial charge < -0.3 is 14.8 Å². The van der Waals surface area contributed by atoms with Crippen LogP contribution in [0.15, 0.2) is 50.4 Å². The van der Waals surface area contributed by atoms with Gasteiger partial charge in [0, 0.05) is 14.6 Å². The molecule has 2 aromatic rings. The number of hydrogen-bond acceptors (Lipinski definition) is 5. The number of anilines is 1. The Morgan fingerprint density at radius 1 is 1.12 bits per heavy atom. The Hall–Kier alpha value is -2.06. The van der Waals surface area contributed by atoms with Gasteiger partial charge in [0.25, 0.3) is 5.91 Å². The highest BCUT2D eigenvalue weighted by Gasteiger charge is 2.05. The van der Waals surface area contributed by atoms with Crippen molar-refractivity contribution in [2.75, 3.05) is 26.1 Å². The quantitative estimate of drug-likeness (QED) is 0.477. The molecule has 0 spiro atoms. The second kappa shape index (κ2) is 9.43. The van der Waals surface area contributed by atoms with E-state index in [0.717, 1.165) is 20.2 Å². The van der Waals surface area contributed by atoms with E-state index in [-0.39, 0.29) is 12.5 Å².